The van der Waals surface area contributed by atoms with Crippen molar-refractivity contribution in [3.05, 3.63) is 0 Å². The number of halogens is 1. The van der Waals surface area contributed by atoms with Crippen LogP contribution in [0, 0.1) is 5.92 Å². The predicted molar refractivity (Wildman–Crippen MR) is 37.8 cm³/mol. The molecular weight excluding hydrogens is 117 g/mol. The highest BCUT2D eigenvalue weighted by Crippen LogP contribution is 2.05. The maximum Gasteiger partial charge on any atom is 0.0285 e. The Kier molecular flexibility index (Phi) is 5.94. The summed E-state index contributed by atoms with van der Waals surface area (Å²) in [5, 5.41) is 0. The van der Waals surface area contributed by atoms with E-state index in [0.29, 0.717) is 12.5 Å². The summed E-state index contributed by atoms with van der Waals surface area (Å²) in [6.07, 6.45) is 3.55. The maximum atomic E-state index is 11.4. The molecule has 0 aromatic rings. The SMILES string of the molecule is CCCCC(C)CNF. The second kappa shape index (κ2) is 6.02. The lowest BCUT2D eigenvalue weighted by atomic mass is 10.1. The quantitative estimate of drug-likeness (QED) is 0.567. The van der Waals surface area contributed by atoms with Crippen molar-refractivity contribution in [1.29, 1.82) is 0 Å². The van der Waals surface area contributed by atoms with E-state index in [1.165, 1.54) is 12.8 Å². The fourth-order valence-electron chi connectivity index (χ4n) is 0.786. The lowest BCUT2D eigenvalue weighted by Gasteiger charge is -2.06. The van der Waals surface area contributed by atoms with Crippen LogP contribution in [0.1, 0.15) is 33.1 Å². The Morgan fingerprint density at radius 3 is 2.67 bits per heavy atom. The molecule has 0 spiro atoms. The van der Waals surface area contributed by atoms with Gasteiger partial charge in [0.05, 0.1) is 0 Å². The van der Waals surface area contributed by atoms with E-state index in [0.717, 1.165) is 6.42 Å². The smallest absolute Gasteiger partial charge is 0.0285 e. The number of hydrogen-bond donors (Lipinski definition) is 1. The third-order valence-electron chi connectivity index (χ3n) is 1.48. The molecular formula is C7H16FN. The summed E-state index contributed by atoms with van der Waals surface area (Å²) >= 11 is 0. The third kappa shape index (κ3) is 5.77. The second-order valence-corrected chi connectivity index (χ2v) is 2.59. The molecule has 0 amide bonds. The first kappa shape index (κ1) is 8.89. The van der Waals surface area contributed by atoms with Crippen molar-refractivity contribution in [3.63, 3.8) is 0 Å². The lowest BCUT2D eigenvalue weighted by Crippen LogP contribution is -2.12. The van der Waals surface area contributed by atoms with Crippen LogP contribution in [0.5, 0.6) is 0 Å². The van der Waals surface area contributed by atoms with E-state index in [-0.39, 0.29) is 0 Å². The van der Waals surface area contributed by atoms with E-state index in [1.807, 2.05) is 0 Å². The molecule has 1 unspecified atom stereocenters. The zero-order valence-electron chi connectivity index (χ0n) is 6.28. The van der Waals surface area contributed by atoms with E-state index in [2.05, 4.69) is 13.8 Å². The van der Waals surface area contributed by atoms with Crippen LogP contribution >= 0.6 is 0 Å². The second-order valence-electron chi connectivity index (χ2n) is 2.59. The zero-order chi connectivity index (χ0) is 7.11. The molecule has 0 bridgehead atoms. The standard InChI is InChI=1S/C7H16FN/c1-3-4-5-7(2)6-9-8/h7,9H,3-6H2,1-2H3. The summed E-state index contributed by atoms with van der Waals surface area (Å²) in [7, 11) is 0. The van der Waals surface area contributed by atoms with Gasteiger partial charge in [0, 0.05) is 6.54 Å². The first-order chi connectivity index (χ1) is 4.31. The van der Waals surface area contributed by atoms with Crippen molar-refractivity contribution in [2.75, 3.05) is 6.54 Å². The van der Waals surface area contributed by atoms with E-state index in [9.17, 15) is 4.48 Å². The summed E-state index contributed by atoms with van der Waals surface area (Å²) in [5.41, 5.74) is 1.68. The molecule has 0 aromatic heterocycles. The van der Waals surface area contributed by atoms with Gasteiger partial charge in [0.1, 0.15) is 0 Å². The summed E-state index contributed by atoms with van der Waals surface area (Å²) in [6.45, 7) is 4.71. The molecule has 56 valence electrons. The van der Waals surface area contributed by atoms with Crippen LogP contribution < -0.4 is 5.54 Å². The van der Waals surface area contributed by atoms with Crippen LogP contribution in [0.25, 0.3) is 0 Å². The Morgan fingerprint density at radius 2 is 2.22 bits per heavy atom. The fourth-order valence-corrected chi connectivity index (χ4v) is 0.786. The minimum atomic E-state index is 0.481. The average molecular weight is 133 g/mol. The van der Waals surface area contributed by atoms with Crippen molar-refractivity contribution in [3.8, 4) is 0 Å². The molecule has 0 aliphatic heterocycles. The van der Waals surface area contributed by atoms with E-state index >= 15 is 0 Å². The first-order valence-electron chi connectivity index (χ1n) is 3.64. The molecule has 2 heteroatoms. The van der Waals surface area contributed by atoms with Crippen molar-refractivity contribution in [1.82, 2.24) is 5.54 Å². The number of hydrogen-bond acceptors (Lipinski definition) is 1. The van der Waals surface area contributed by atoms with E-state index in [4.69, 9.17) is 0 Å². The molecule has 0 rings (SSSR count). The van der Waals surface area contributed by atoms with Crippen LogP contribution in [-0.2, 0) is 0 Å². The van der Waals surface area contributed by atoms with E-state index < -0.39 is 0 Å². The maximum absolute atomic E-state index is 11.4. The van der Waals surface area contributed by atoms with Gasteiger partial charge in [-0.2, -0.15) is 5.54 Å². The van der Waals surface area contributed by atoms with Crippen LogP contribution in [0.2, 0.25) is 0 Å². The Balaban J connectivity index is 2.95. The van der Waals surface area contributed by atoms with Crippen molar-refractivity contribution in [2.24, 2.45) is 5.92 Å². The van der Waals surface area contributed by atoms with Gasteiger partial charge < -0.3 is 0 Å². The molecule has 0 saturated heterocycles. The minimum absolute atomic E-state index is 0.481. The molecule has 1 atom stereocenters. The van der Waals surface area contributed by atoms with Gasteiger partial charge in [-0.25, -0.2) is 0 Å². The third-order valence-corrected chi connectivity index (χ3v) is 1.48. The van der Waals surface area contributed by atoms with Crippen molar-refractivity contribution >= 4 is 0 Å². The molecule has 0 heterocycles. The van der Waals surface area contributed by atoms with Gasteiger partial charge in [0.15, 0.2) is 0 Å². The Hall–Kier alpha value is -0.110. The molecule has 0 aromatic carbocycles. The first-order valence-corrected chi connectivity index (χ1v) is 3.64. The van der Waals surface area contributed by atoms with Gasteiger partial charge in [0.25, 0.3) is 0 Å². The van der Waals surface area contributed by atoms with Gasteiger partial charge in [-0.15, -0.1) is 4.48 Å². The van der Waals surface area contributed by atoms with Gasteiger partial charge in [-0.1, -0.05) is 26.7 Å². The van der Waals surface area contributed by atoms with Crippen LogP contribution in [0.15, 0.2) is 0 Å². The molecule has 0 aliphatic carbocycles. The summed E-state index contributed by atoms with van der Waals surface area (Å²) in [4.78, 5) is 0. The van der Waals surface area contributed by atoms with Gasteiger partial charge >= 0.3 is 0 Å². The molecule has 0 aliphatic rings. The minimum Gasteiger partial charge on any atom is -0.159 e. The number of nitrogens with one attached hydrogen (secondary N) is 1. The van der Waals surface area contributed by atoms with Crippen molar-refractivity contribution in [2.45, 2.75) is 33.1 Å². The molecule has 1 nitrogen and oxygen atoms in total. The molecule has 0 radical (unpaired) electrons. The van der Waals surface area contributed by atoms with Gasteiger partial charge in [-0.3, -0.25) is 0 Å². The highest BCUT2D eigenvalue weighted by Gasteiger charge is 1.98. The zero-order valence-corrected chi connectivity index (χ0v) is 6.28. The Labute approximate surface area is 56.6 Å². The topological polar surface area (TPSA) is 12.0 Å². The van der Waals surface area contributed by atoms with Gasteiger partial charge in [-0.05, 0) is 12.3 Å². The number of rotatable bonds is 5. The monoisotopic (exact) mass is 133 g/mol. The van der Waals surface area contributed by atoms with Crippen LogP contribution in [0.4, 0.5) is 4.48 Å². The highest BCUT2D eigenvalue weighted by molar-refractivity contribution is 4.51. The summed E-state index contributed by atoms with van der Waals surface area (Å²) in [6, 6.07) is 0. The van der Waals surface area contributed by atoms with Gasteiger partial charge in [0.2, 0.25) is 0 Å². The molecule has 0 saturated carbocycles. The molecule has 1 N–H and O–H groups in total. The van der Waals surface area contributed by atoms with Crippen LogP contribution in [-0.4, -0.2) is 6.54 Å². The molecule has 9 heavy (non-hydrogen) atoms. The summed E-state index contributed by atoms with van der Waals surface area (Å²) in [5.74, 6) is 0.481. The lowest BCUT2D eigenvalue weighted by molar-refractivity contribution is 0.292. The largest absolute Gasteiger partial charge is 0.159 e. The Bertz CT molecular complexity index is 56.9. The predicted octanol–water partition coefficient (Wildman–Crippen LogP) is 2.29. The van der Waals surface area contributed by atoms with Crippen LogP contribution in [0.3, 0.4) is 0 Å². The van der Waals surface area contributed by atoms with E-state index in [1.54, 1.807) is 5.54 Å². The normalized spacial score (nSPS) is 13.7. The van der Waals surface area contributed by atoms with Crippen molar-refractivity contribution < 1.29 is 4.48 Å². The highest BCUT2D eigenvalue weighted by atomic mass is 19.2. The Morgan fingerprint density at radius 1 is 1.56 bits per heavy atom. The molecule has 0 fully saturated rings. The average Bonchev–Trinajstić information content (AvgIpc) is 1.85. The summed E-state index contributed by atoms with van der Waals surface area (Å²) < 4.78 is 11.4. The fraction of sp³-hybridized carbons (Fsp3) is 1.00. The number of unbranched alkanes of at least 4 members (excludes halogenated alkanes) is 1.